The highest BCUT2D eigenvalue weighted by Gasteiger charge is 2.31. The maximum Gasteiger partial charge on any atom is 0.274 e. The number of nitrogen functional groups attached to an aromatic ring is 1. The number of carbonyl (C=O) groups excluding carboxylic acids is 2. The highest BCUT2D eigenvalue weighted by molar-refractivity contribution is 9.10. The van der Waals surface area contributed by atoms with Crippen LogP contribution < -0.4 is 11.1 Å². The van der Waals surface area contributed by atoms with E-state index in [-0.39, 0.29) is 41.4 Å². The van der Waals surface area contributed by atoms with Gasteiger partial charge in [0.15, 0.2) is 0 Å². The monoisotopic (exact) mass is 547 g/mol. The van der Waals surface area contributed by atoms with Gasteiger partial charge in [-0.3, -0.25) is 9.59 Å². The van der Waals surface area contributed by atoms with Crippen LogP contribution in [-0.2, 0) is 0 Å². The molecule has 9 nitrogen and oxygen atoms in total. The molecule has 1 aliphatic rings. The van der Waals surface area contributed by atoms with Crippen molar-refractivity contribution in [2.75, 3.05) is 25.4 Å². The summed E-state index contributed by atoms with van der Waals surface area (Å²) in [5.41, 5.74) is 6.08. The minimum Gasteiger partial charge on any atom is -0.394 e. The third-order valence-electron chi connectivity index (χ3n) is 5.43. The van der Waals surface area contributed by atoms with Crippen LogP contribution in [0.3, 0.4) is 0 Å². The van der Waals surface area contributed by atoms with E-state index in [0.29, 0.717) is 10.0 Å². The minimum absolute atomic E-state index is 0.0182. The SMILES string of the molecule is Nc1ncc(C(=O)N2CC(O)C2)nc1-c1ccc(C(=O)N[C@H](CO)c2cc(F)cc(Br)c2)c(F)c1. The summed E-state index contributed by atoms with van der Waals surface area (Å²) in [6.45, 7) is -0.178. The van der Waals surface area contributed by atoms with E-state index in [0.717, 1.165) is 12.1 Å². The van der Waals surface area contributed by atoms with Crippen molar-refractivity contribution in [1.29, 1.82) is 0 Å². The number of β-amino-alcohol motifs (C(OH)–C–C–N with tert-alkyl or cyclic N) is 1. The average molecular weight is 548 g/mol. The molecule has 2 aromatic carbocycles. The summed E-state index contributed by atoms with van der Waals surface area (Å²) >= 11 is 3.15. The topological polar surface area (TPSA) is 142 Å². The Bertz CT molecular complexity index is 1280. The molecule has 0 radical (unpaired) electrons. The van der Waals surface area contributed by atoms with Crippen molar-refractivity contribution in [2.45, 2.75) is 12.1 Å². The van der Waals surface area contributed by atoms with Crippen molar-refractivity contribution in [2.24, 2.45) is 0 Å². The molecule has 0 bridgehead atoms. The summed E-state index contributed by atoms with van der Waals surface area (Å²) < 4.78 is 29.0. The van der Waals surface area contributed by atoms with Gasteiger partial charge in [-0.15, -0.1) is 0 Å². The van der Waals surface area contributed by atoms with Gasteiger partial charge >= 0.3 is 0 Å². The molecule has 12 heteroatoms. The first kappa shape index (κ1) is 24.6. The zero-order chi connectivity index (χ0) is 25.3. The number of benzene rings is 2. The molecule has 2 heterocycles. The minimum atomic E-state index is -0.974. The number of hydrogen-bond acceptors (Lipinski definition) is 7. The number of nitrogens with two attached hydrogens (primary N) is 1. The number of aliphatic hydroxyl groups is 2. The fraction of sp³-hybridized carbons (Fsp3) is 0.217. The van der Waals surface area contributed by atoms with Crippen LogP contribution in [0.4, 0.5) is 14.6 Å². The summed E-state index contributed by atoms with van der Waals surface area (Å²) in [6, 6.07) is 6.57. The molecule has 1 saturated heterocycles. The lowest BCUT2D eigenvalue weighted by atomic mass is 10.0. The van der Waals surface area contributed by atoms with Crippen molar-refractivity contribution in [3.63, 3.8) is 0 Å². The predicted molar refractivity (Wildman–Crippen MR) is 125 cm³/mol. The summed E-state index contributed by atoms with van der Waals surface area (Å²) in [7, 11) is 0. The van der Waals surface area contributed by atoms with Crippen LogP contribution in [0.2, 0.25) is 0 Å². The highest BCUT2D eigenvalue weighted by atomic mass is 79.9. The van der Waals surface area contributed by atoms with Crippen molar-refractivity contribution < 1.29 is 28.6 Å². The van der Waals surface area contributed by atoms with E-state index >= 15 is 0 Å². The molecular weight excluding hydrogens is 528 g/mol. The smallest absolute Gasteiger partial charge is 0.274 e. The molecule has 0 aliphatic carbocycles. The summed E-state index contributed by atoms with van der Waals surface area (Å²) in [6.07, 6.45) is 0.616. The molecule has 182 valence electrons. The van der Waals surface area contributed by atoms with Crippen molar-refractivity contribution in [3.8, 4) is 11.3 Å². The van der Waals surface area contributed by atoms with E-state index in [1.165, 1.54) is 35.4 Å². The Morgan fingerprint density at radius 2 is 1.97 bits per heavy atom. The van der Waals surface area contributed by atoms with Crippen LogP contribution in [0, 0.1) is 11.6 Å². The molecule has 5 N–H and O–H groups in total. The van der Waals surface area contributed by atoms with Crippen molar-refractivity contribution in [3.05, 3.63) is 75.5 Å². The van der Waals surface area contributed by atoms with Gasteiger partial charge in [0.2, 0.25) is 0 Å². The van der Waals surface area contributed by atoms with E-state index in [1.807, 2.05) is 0 Å². The first-order valence-corrected chi connectivity index (χ1v) is 11.2. The molecule has 0 saturated carbocycles. The summed E-state index contributed by atoms with van der Waals surface area (Å²) in [4.78, 5) is 34.7. The van der Waals surface area contributed by atoms with Crippen LogP contribution in [0.25, 0.3) is 11.3 Å². The van der Waals surface area contributed by atoms with Gasteiger partial charge in [-0.2, -0.15) is 0 Å². The van der Waals surface area contributed by atoms with E-state index in [1.54, 1.807) is 0 Å². The Morgan fingerprint density at radius 1 is 1.23 bits per heavy atom. The number of halogens is 3. The predicted octanol–water partition coefficient (Wildman–Crippen LogP) is 2.05. The molecule has 1 atom stereocenters. The molecule has 35 heavy (non-hydrogen) atoms. The van der Waals surface area contributed by atoms with Gasteiger partial charge in [0.25, 0.3) is 11.8 Å². The number of amides is 2. The van der Waals surface area contributed by atoms with E-state index in [9.17, 15) is 28.6 Å². The number of nitrogens with zero attached hydrogens (tertiary/aromatic N) is 3. The number of aliphatic hydroxyl groups excluding tert-OH is 2. The fourth-order valence-electron chi connectivity index (χ4n) is 3.59. The van der Waals surface area contributed by atoms with Gasteiger partial charge in [-0.05, 0) is 35.9 Å². The molecule has 0 spiro atoms. The normalized spacial score (nSPS) is 14.4. The van der Waals surface area contributed by atoms with Gasteiger partial charge in [-0.1, -0.05) is 22.0 Å². The van der Waals surface area contributed by atoms with Crippen molar-refractivity contribution >= 4 is 33.6 Å². The molecular formula is C23H20BrF2N5O4. The Kier molecular flexibility index (Phi) is 7.05. The van der Waals surface area contributed by atoms with E-state index in [2.05, 4.69) is 31.2 Å². The molecule has 0 unspecified atom stereocenters. The summed E-state index contributed by atoms with van der Waals surface area (Å²) in [5, 5.41) is 21.5. The molecule has 1 aliphatic heterocycles. The maximum absolute atomic E-state index is 14.9. The molecule has 1 aromatic heterocycles. The Balaban J connectivity index is 1.56. The summed E-state index contributed by atoms with van der Waals surface area (Å²) in [5.74, 6) is -2.78. The first-order chi connectivity index (χ1) is 16.7. The average Bonchev–Trinajstić information content (AvgIpc) is 2.79. The quantitative estimate of drug-likeness (QED) is 0.370. The number of anilines is 1. The van der Waals surface area contributed by atoms with Gasteiger partial charge in [-0.25, -0.2) is 18.7 Å². The fourth-order valence-corrected chi connectivity index (χ4v) is 4.07. The van der Waals surface area contributed by atoms with Gasteiger partial charge in [0, 0.05) is 23.1 Å². The maximum atomic E-state index is 14.9. The number of hydrogen-bond donors (Lipinski definition) is 4. The van der Waals surface area contributed by atoms with Gasteiger partial charge < -0.3 is 26.2 Å². The number of aromatic nitrogens is 2. The van der Waals surface area contributed by atoms with Crippen molar-refractivity contribution in [1.82, 2.24) is 20.2 Å². The number of likely N-dealkylation sites (tertiary alicyclic amines) is 1. The van der Waals surface area contributed by atoms with Crippen LogP contribution in [0.15, 0.2) is 47.1 Å². The third kappa shape index (κ3) is 5.29. The molecule has 4 rings (SSSR count). The molecule has 2 amide bonds. The largest absolute Gasteiger partial charge is 0.394 e. The Labute approximate surface area is 206 Å². The van der Waals surface area contributed by atoms with Crippen LogP contribution in [-0.4, -0.2) is 62.7 Å². The lowest BCUT2D eigenvalue weighted by Gasteiger charge is -2.35. The van der Waals surface area contributed by atoms with Crippen LogP contribution in [0.1, 0.15) is 32.5 Å². The van der Waals surface area contributed by atoms with E-state index < -0.39 is 42.2 Å². The zero-order valence-corrected chi connectivity index (χ0v) is 19.7. The highest BCUT2D eigenvalue weighted by Crippen LogP contribution is 2.26. The second-order valence-electron chi connectivity index (χ2n) is 7.96. The molecule has 1 fully saturated rings. The standard InChI is InChI=1S/C23H20BrF2N5O4/c24-13-3-12(4-14(25)6-13)19(10-32)30-22(34)16-2-1-11(5-17(16)26)20-21(27)28-7-18(29-20)23(35)31-8-15(33)9-31/h1-7,15,19,32-33H,8-10H2,(H2,27,28)(H,30,34)/t19-/m1/s1. The Morgan fingerprint density at radius 3 is 2.60 bits per heavy atom. The Hall–Kier alpha value is -3.48. The zero-order valence-electron chi connectivity index (χ0n) is 18.1. The lowest BCUT2D eigenvalue weighted by molar-refractivity contribution is 0.00548. The van der Waals surface area contributed by atoms with Gasteiger partial charge in [0.05, 0.1) is 30.5 Å². The lowest BCUT2D eigenvalue weighted by Crippen LogP contribution is -2.53. The first-order valence-electron chi connectivity index (χ1n) is 10.4. The number of rotatable bonds is 6. The second kappa shape index (κ2) is 10.0. The van der Waals surface area contributed by atoms with E-state index in [4.69, 9.17) is 5.73 Å². The number of carbonyl (C=O) groups is 2. The third-order valence-corrected chi connectivity index (χ3v) is 5.89. The van der Waals surface area contributed by atoms with Gasteiger partial charge in [0.1, 0.15) is 28.8 Å². The van der Waals surface area contributed by atoms with Crippen LogP contribution in [0.5, 0.6) is 0 Å². The second-order valence-corrected chi connectivity index (χ2v) is 8.87. The molecule has 3 aromatic rings. The van der Waals surface area contributed by atoms with Crippen LogP contribution >= 0.6 is 15.9 Å². The number of nitrogens with one attached hydrogen (secondary N) is 1.